The molecule has 0 radical (unpaired) electrons. The second kappa shape index (κ2) is 11.1. The number of rotatable bonds is 11. The predicted octanol–water partition coefficient (Wildman–Crippen LogP) is 3.22. The van der Waals surface area contributed by atoms with Crippen LogP contribution in [-0.4, -0.2) is 41.0 Å². The van der Waals surface area contributed by atoms with Crippen LogP contribution in [0.25, 0.3) is 10.9 Å². The highest BCUT2D eigenvalue weighted by Crippen LogP contribution is 2.18. The number of hydrogen-bond donors (Lipinski definition) is 1. The van der Waals surface area contributed by atoms with Crippen LogP contribution in [0.5, 0.6) is 0 Å². The molecule has 1 N–H and O–H groups in total. The van der Waals surface area contributed by atoms with Crippen molar-refractivity contribution in [2.24, 2.45) is 0 Å². The zero-order valence-corrected chi connectivity index (χ0v) is 17.2. The number of para-hydroxylation sites is 1. The van der Waals surface area contributed by atoms with Gasteiger partial charge in [-0.15, -0.1) is 0 Å². The number of nitrogens with zero attached hydrogens (tertiary/aromatic N) is 2. The lowest BCUT2D eigenvalue weighted by atomic mass is 10.2. The van der Waals surface area contributed by atoms with Gasteiger partial charge in [0.25, 0.3) is 5.56 Å². The van der Waals surface area contributed by atoms with E-state index >= 15 is 0 Å². The van der Waals surface area contributed by atoms with Gasteiger partial charge >= 0.3 is 0 Å². The van der Waals surface area contributed by atoms with Crippen molar-refractivity contribution in [2.75, 3.05) is 19.5 Å². The van der Waals surface area contributed by atoms with Crippen molar-refractivity contribution in [3.63, 3.8) is 0 Å². The van der Waals surface area contributed by atoms with Gasteiger partial charge in [-0.25, -0.2) is 4.98 Å². The van der Waals surface area contributed by atoms with Gasteiger partial charge in [0.15, 0.2) is 5.16 Å². The van der Waals surface area contributed by atoms with Gasteiger partial charge < -0.3 is 10.1 Å². The van der Waals surface area contributed by atoms with Crippen LogP contribution in [0.2, 0.25) is 0 Å². The number of nitrogens with one attached hydrogen (secondary N) is 1. The third-order valence-corrected chi connectivity index (χ3v) is 5.19. The molecule has 0 aliphatic heterocycles. The number of methoxy groups -OCH3 is 1. The summed E-state index contributed by atoms with van der Waals surface area (Å²) in [5.74, 6) is 0.123. The van der Waals surface area contributed by atoms with Crippen LogP contribution in [0.3, 0.4) is 0 Å². The highest BCUT2D eigenvalue weighted by Gasteiger charge is 2.14. The largest absolute Gasteiger partial charge is 0.383 e. The highest BCUT2D eigenvalue weighted by molar-refractivity contribution is 7.99. The van der Waals surface area contributed by atoms with Crippen molar-refractivity contribution in [3.05, 3.63) is 34.6 Å². The van der Waals surface area contributed by atoms with Gasteiger partial charge in [-0.2, -0.15) is 0 Å². The lowest BCUT2D eigenvalue weighted by molar-refractivity contribution is -0.119. The monoisotopic (exact) mass is 391 g/mol. The van der Waals surface area contributed by atoms with E-state index in [1.807, 2.05) is 25.1 Å². The fourth-order valence-corrected chi connectivity index (χ4v) is 3.73. The molecule has 148 valence electrons. The first-order valence-electron chi connectivity index (χ1n) is 9.47. The first kappa shape index (κ1) is 21.4. The minimum absolute atomic E-state index is 0.0345. The summed E-state index contributed by atoms with van der Waals surface area (Å²) in [6.45, 7) is 5.14. The van der Waals surface area contributed by atoms with E-state index in [0.717, 1.165) is 25.7 Å². The maximum Gasteiger partial charge on any atom is 0.262 e. The summed E-state index contributed by atoms with van der Waals surface area (Å²) in [4.78, 5) is 29.7. The van der Waals surface area contributed by atoms with E-state index < -0.39 is 0 Å². The van der Waals surface area contributed by atoms with Crippen molar-refractivity contribution >= 4 is 28.6 Å². The number of benzene rings is 1. The van der Waals surface area contributed by atoms with Crippen molar-refractivity contribution in [2.45, 2.75) is 57.3 Å². The van der Waals surface area contributed by atoms with Gasteiger partial charge in [-0.05, 0) is 25.5 Å². The smallest absolute Gasteiger partial charge is 0.262 e. The Kier molecular flexibility index (Phi) is 8.81. The van der Waals surface area contributed by atoms with Crippen molar-refractivity contribution < 1.29 is 9.53 Å². The summed E-state index contributed by atoms with van der Waals surface area (Å²) < 4.78 is 6.75. The normalized spacial score (nSPS) is 12.3. The van der Waals surface area contributed by atoms with Gasteiger partial charge in [0.2, 0.25) is 5.91 Å². The van der Waals surface area contributed by atoms with Crippen LogP contribution >= 0.6 is 11.8 Å². The number of hydrogen-bond acceptors (Lipinski definition) is 5. The summed E-state index contributed by atoms with van der Waals surface area (Å²) in [6.07, 6.45) is 4.30. The van der Waals surface area contributed by atoms with Gasteiger partial charge in [0, 0.05) is 19.7 Å². The Morgan fingerprint density at radius 2 is 2.07 bits per heavy atom. The molecule has 7 heteroatoms. The molecule has 1 aromatic carbocycles. The Hall–Kier alpha value is -1.86. The molecule has 1 amide bonds. The van der Waals surface area contributed by atoms with Gasteiger partial charge in [-0.1, -0.05) is 50.1 Å². The Morgan fingerprint density at radius 1 is 1.30 bits per heavy atom. The zero-order valence-electron chi connectivity index (χ0n) is 16.4. The Labute approximate surface area is 164 Å². The SMILES string of the molecule is CCCCCCn1c(SCC(=O)NC(C)COC)nc2ccccc2c1=O. The van der Waals surface area contributed by atoms with E-state index in [1.54, 1.807) is 17.7 Å². The van der Waals surface area contributed by atoms with Crippen LogP contribution in [0.1, 0.15) is 39.5 Å². The summed E-state index contributed by atoms with van der Waals surface area (Å²) in [5.41, 5.74) is 0.635. The van der Waals surface area contributed by atoms with E-state index in [0.29, 0.717) is 29.2 Å². The lowest BCUT2D eigenvalue weighted by Crippen LogP contribution is -2.36. The summed E-state index contributed by atoms with van der Waals surface area (Å²) in [5, 5.41) is 4.10. The van der Waals surface area contributed by atoms with Crippen molar-refractivity contribution in [1.82, 2.24) is 14.9 Å². The molecule has 2 aromatic rings. The van der Waals surface area contributed by atoms with Crippen LogP contribution in [0.4, 0.5) is 0 Å². The molecule has 1 heterocycles. The number of amides is 1. The topological polar surface area (TPSA) is 73.2 Å². The predicted molar refractivity (Wildman–Crippen MR) is 110 cm³/mol. The molecular weight excluding hydrogens is 362 g/mol. The molecule has 6 nitrogen and oxygen atoms in total. The third kappa shape index (κ3) is 6.36. The number of carbonyl (C=O) groups excluding carboxylic acids is 1. The maximum atomic E-state index is 12.9. The van der Waals surface area contributed by atoms with E-state index in [2.05, 4.69) is 17.2 Å². The van der Waals surface area contributed by atoms with Crippen LogP contribution in [0.15, 0.2) is 34.2 Å². The maximum absolute atomic E-state index is 12.9. The van der Waals surface area contributed by atoms with Crippen molar-refractivity contribution in [3.8, 4) is 0 Å². The first-order chi connectivity index (χ1) is 13.1. The molecule has 1 atom stereocenters. The van der Waals surface area contributed by atoms with Gasteiger partial charge in [-0.3, -0.25) is 14.2 Å². The Morgan fingerprint density at radius 3 is 2.81 bits per heavy atom. The molecule has 0 saturated carbocycles. The third-order valence-electron chi connectivity index (χ3n) is 4.22. The lowest BCUT2D eigenvalue weighted by Gasteiger charge is -2.15. The number of carbonyl (C=O) groups is 1. The average molecular weight is 392 g/mol. The van der Waals surface area contributed by atoms with Crippen LogP contribution < -0.4 is 10.9 Å². The first-order valence-corrected chi connectivity index (χ1v) is 10.5. The fourth-order valence-electron chi connectivity index (χ4n) is 2.89. The second-order valence-electron chi connectivity index (χ2n) is 6.64. The Bertz CT molecular complexity index is 807. The molecule has 0 bridgehead atoms. The van der Waals surface area contributed by atoms with E-state index in [4.69, 9.17) is 4.74 Å². The molecule has 0 saturated heterocycles. The molecule has 27 heavy (non-hydrogen) atoms. The zero-order chi connectivity index (χ0) is 19.6. The Balaban J connectivity index is 2.17. The van der Waals surface area contributed by atoms with E-state index in [9.17, 15) is 9.59 Å². The fraction of sp³-hybridized carbons (Fsp3) is 0.550. The minimum atomic E-state index is -0.0931. The minimum Gasteiger partial charge on any atom is -0.383 e. The number of fused-ring (bicyclic) bond motifs is 1. The van der Waals surface area contributed by atoms with Crippen molar-refractivity contribution in [1.29, 1.82) is 0 Å². The highest BCUT2D eigenvalue weighted by atomic mass is 32.2. The number of ether oxygens (including phenoxy) is 1. The number of aromatic nitrogens is 2. The number of thioether (sulfide) groups is 1. The standard InChI is InChI=1S/C20H29N3O3S/c1-4-5-6-9-12-23-19(25)16-10-7-8-11-17(16)22-20(23)27-14-18(24)21-15(2)13-26-3/h7-8,10-11,15H,4-6,9,12-14H2,1-3H3,(H,21,24). The summed E-state index contributed by atoms with van der Waals surface area (Å²) in [6, 6.07) is 7.31. The van der Waals surface area contributed by atoms with Crippen LogP contribution in [-0.2, 0) is 16.1 Å². The molecular formula is C20H29N3O3S. The average Bonchev–Trinajstić information content (AvgIpc) is 2.65. The summed E-state index contributed by atoms with van der Waals surface area (Å²) in [7, 11) is 1.60. The van der Waals surface area contributed by atoms with Gasteiger partial charge in [0.05, 0.1) is 23.3 Å². The van der Waals surface area contributed by atoms with Gasteiger partial charge in [0.1, 0.15) is 0 Å². The molecule has 0 fully saturated rings. The molecule has 0 aliphatic rings. The molecule has 0 aliphatic carbocycles. The number of unbranched alkanes of at least 4 members (excludes halogenated alkanes) is 3. The van der Waals surface area contributed by atoms with E-state index in [-0.39, 0.29) is 23.3 Å². The second-order valence-corrected chi connectivity index (χ2v) is 7.58. The molecule has 1 unspecified atom stereocenters. The molecule has 2 rings (SSSR count). The van der Waals surface area contributed by atoms with E-state index in [1.165, 1.54) is 11.8 Å². The summed E-state index contributed by atoms with van der Waals surface area (Å²) >= 11 is 1.31. The molecule has 0 spiro atoms. The molecule has 1 aromatic heterocycles. The van der Waals surface area contributed by atoms with Crippen LogP contribution in [0, 0.1) is 0 Å². The quantitative estimate of drug-likeness (QED) is 0.362.